The summed E-state index contributed by atoms with van der Waals surface area (Å²) in [5.41, 5.74) is -3.88. The van der Waals surface area contributed by atoms with Crippen molar-refractivity contribution < 1.29 is 31.4 Å². The number of fused-ring (bicyclic) bond motifs is 1. The molecule has 0 spiro atoms. The maximum Gasteiger partial charge on any atom is 0.433 e. The van der Waals surface area contributed by atoms with Gasteiger partial charge >= 0.3 is 12.4 Å². The average Bonchev–Trinajstić information content (AvgIpc) is 3.43. The molecule has 0 fully saturated rings. The molecule has 0 amide bonds. The lowest BCUT2D eigenvalue weighted by molar-refractivity contribution is -0.142. The lowest BCUT2D eigenvalue weighted by Gasteiger charge is -2.19. The Labute approximate surface area is 192 Å². The van der Waals surface area contributed by atoms with Crippen molar-refractivity contribution in [1.29, 1.82) is 0 Å². The monoisotopic (exact) mass is 502 g/mol. The van der Waals surface area contributed by atoms with Crippen molar-refractivity contribution in [2.45, 2.75) is 25.0 Å². The zero-order valence-electron chi connectivity index (χ0n) is 16.7. The van der Waals surface area contributed by atoms with E-state index >= 15 is 0 Å². The van der Waals surface area contributed by atoms with Crippen LogP contribution in [-0.2, 0) is 18.9 Å². The highest BCUT2D eigenvalue weighted by atomic mass is 32.1. The standard InChI is InChI=1S/C22H16F6N2OS2/c23-21(24,25)15-4-1-3-13-14(9-19(22(26,27)28)30-20(13)15)16(31)11-29-10-12-6-7-18(33-12)17-5-2-8-32-17/h1-9,16,29,31H,10-11H2. The predicted octanol–water partition coefficient (Wildman–Crippen LogP) is 6.89. The van der Waals surface area contributed by atoms with Gasteiger partial charge in [-0.3, -0.25) is 0 Å². The van der Waals surface area contributed by atoms with Crippen LogP contribution in [0.25, 0.3) is 20.7 Å². The molecular weight excluding hydrogens is 486 g/mol. The van der Waals surface area contributed by atoms with Crippen molar-refractivity contribution in [2.75, 3.05) is 6.54 Å². The molecule has 0 aliphatic carbocycles. The Morgan fingerprint density at radius 3 is 2.39 bits per heavy atom. The minimum atomic E-state index is -4.97. The number of rotatable bonds is 6. The van der Waals surface area contributed by atoms with E-state index in [0.29, 0.717) is 18.7 Å². The third-order valence-corrected chi connectivity index (χ3v) is 7.04. The van der Waals surface area contributed by atoms with Crippen molar-refractivity contribution in [1.82, 2.24) is 10.3 Å². The van der Waals surface area contributed by atoms with Crippen LogP contribution in [0.1, 0.15) is 27.8 Å². The summed E-state index contributed by atoms with van der Waals surface area (Å²) in [6.07, 6.45) is -11.3. The summed E-state index contributed by atoms with van der Waals surface area (Å²) in [7, 11) is 0. The molecule has 0 saturated carbocycles. The molecule has 0 aliphatic heterocycles. The van der Waals surface area contributed by atoms with E-state index in [4.69, 9.17) is 0 Å². The molecule has 1 aromatic carbocycles. The molecule has 0 radical (unpaired) electrons. The molecule has 33 heavy (non-hydrogen) atoms. The summed E-state index contributed by atoms with van der Waals surface area (Å²) < 4.78 is 80.2. The Morgan fingerprint density at radius 2 is 1.73 bits per heavy atom. The molecule has 3 heterocycles. The first-order chi connectivity index (χ1) is 15.5. The fraction of sp³-hybridized carbons (Fsp3) is 0.227. The molecule has 0 aliphatic rings. The van der Waals surface area contributed by atoms with Gasteiger partial charge in [0.1, 0.15) is 5.69 Å². The molecule has 4 rings (SSSR count). The van der Waals surface area contributed by atoms with Crippen LogP contribution in [0.2, 0.25) is 0 Å². The smallest absolute Gasteiger partial charge is 0.387 e. The van der Waals surface area contributed by atoms with Gasteiger partial charge in [-0.15, -0.1) is 22.7 Å². The zero-order valence-corrected chi connectivity index (χ0v) is 18.3. The highest BCUT2D eigenvalue weighted by molar-refractivity contribution is 7.21. The Kier molecular flexibility index (Phi) is 6.50. The zero-order chi connectivity index (χ0) is 23.8. The first-order valence-electron chi connectivity index (χ1n) is 9.63. The SMILES string of the molecule is OC(CNCc1ccc(-c2cccs2)s1)c1cc(C(F)(F)F)nc2c(C(F)(F)F)cccc12. The van der Waals surface area contributed by atoms with Crippen LogP contribution in [0.3, 0.4) is 0 Å². The Balaban J connectivity index is 1.59. The number of pyridine rings is 1. The number of halogens is 6. The number of benzene rings is 1. The number of aliphatic hydroxyl groups is 1. The highest BCUT2D eigenvalue weighted by Crippen LogP contribution is 2.39. The van der Waals surface area contributed by atoms with Gasteiger partial charge in [0.25, 0.3) is 0 Å². The molecular formula is C22H16F6N2OS2. The van der Waals surface area contributed by atoms with Gasteiger partial charge in [-0.2, -0.15) is 26.3 Å². The van der Waals surface area contributed by atoms with E-state index in [1.807, 2.05) is 29.6 Å². The maximum atomic E-state index is 13.4. The Hall–Kier alpha value is -2.47. The molecule has 1 atom stereocenters. The van der Waals surface area contributed by atoms with Crippen molar-refractivity contribution in [3.63, 3.8) is 0 Å². The lowest BCUT2D eigenvalue weighted by Crippen LogP contribution is -2.22. The van der Waals surface area contributed by atoms with Gasteiger partial charge in [-0.1, -0.05) is 18.2 Å². The van der Waals surface area contributed by atoms with Gasteiger partial charge in [0.2, 0.25) is 0 Å². The Morgan fingerprint density at radius 1 is 0.939 bits per heavy atom. The van der Waals surface area contributed by atoms with Crippen molar-refractivity contribution in [2.24, 2.45) is 0 Å². The number of aliphatic hydroxyl groups excluding tert-OH is 1. The molecule has 3 nitrogen and oxygen atoms in total. The van der Waals surface area contributed by atoms with Gasteiger partial charge in [0.15, 0.2) is 0 Å². The topological polar surface area (TPSA) is 45.1 Å². The van der Waals surface area contributed by atoms with Crippen molar-refractivity contribution >= 4 is 33.6 Å². The normalized spacial score (nSPS) is 13.5. The number of aromatic nitrogens is 1. The highest BCUT2D eigenvalue weighted by Gasteiger charge is 2.37. The lowest BCUT2D eigenvalue weighted by atomic mass is 9.99. The van der Waals surface area contributed by atoms with Gasteiger partial charge in [0, 0.05) is 33.1 Å². The van der Waals surface area contributed by atoms with Crippen LogP contribution in [-0.4, -0.2) is 16.6 Å². The number of hydrogen-bond donors (Lipinski definition) is 2. The molecule has 0 saturated heterocycles. The van der Waals surface area contributed by atoms with Gasteiger partial charge < -0.3 is 10.4 Å². The molecule has 2 N–H and O–H groups in total. The molecule has 4 aromatic rings. The predicted molar refractivity (Wildman–Crippen MR) is 116 cm³/mol. The number of hydrogen-bond acceptors (Lipinski definition) is 5. The second-order valence-electron chi connectivity index (χ2n) is 7.18. The quantitative estimate of drug-likeness (QED) is 0.283. The fourth-order valence-corrected chi connectivity index (χ4v) is 5.20. The molecule has 174 valence electrons. The summed E-state index contributed by atoms with van der Waals surface area (Å²) >= 11 is 3.13. The van der Waals surface area contributed by atoms with E-state index in [1.165, 1.54) is 17.4 Å². The van der Waals surface area contributed by atoms with E-state index in [0.717, 1.165) is 20.7 Å². The van der Waals surface area contributed by atoms with Crippen LogP contribution >= 0.6 is 22.7 Å². The fourth-order valence-electron chi connectivity index (χ4n) is 3.39. The van der Waals surface area contributed by atoms with E-state index in [9.17, 15) is 31.4 Å². The van der Waals surface area contributed by atoms with Gasteiger partial charge in [-0.05, 0) is 41.3 Å². The summed E-state index contributed by atoms with van der Waals surface area (Å²) in [6, 6.07) is 11.4. The summed E-state index contributed by atoms with van der Waals surface area (Å²) in [6.45, 7) is 0.189. The number of para-hydroxylation sites is 1. The molecule has 3 aromatic heterocycles. The number of alkyl halides is 6. The first kappa shape index (κ1) is 23.7. The number of thiophene rings is 2. The minimum Gasteiger partial charge on any atom is -0.387 e. The van der Waals surface area contributed by atoms with Gasteiger partial charge in [0.05, 0.1) is 17.2 Å². The van der Waals surface area contributed by atoms with E-state index < -0.39 is 35.2 Å². The second kappa shape index (κ2) is 9.05. The van der Waals surface area contributed by atoms with Crippen LogP contribution in [0.5, 0.6) is 0 Å². The number of nitrogens with zero attached hydrogens (tertiary/aromatic N) is 1. The van der Waals surface area contributed by atoms with Crippen LogP contribution < -0.4 is 5.32 Å². The average molecular weight is 503 g/mol. The third kappa shape index (κ3) is 5.21. The van der Waals surface area contributed by atoms with E-state index in [2.05, 4.69) is 10.3 Å². The molecule has 1 unspecified atom stereocenters. The first-order valence-corrected chi connectivity index (χ1v) is 11.3. The molecule has 11 heteroatoms. The van der Waals surface area contributed by atoms with Gasteiger partial charge in [-0.25, -0.2) is 4.98 Å². The van der Waals surface area contributed by atoms with Crippen molar-refractivity contribution in [3.05, 3.63) is 75.6 Å². The summed E-state index contributed by atoms with van der Waals surface area (Å²) in [5.74, 6) is 0. The second-order valence-corrected chi connectivity index (χ2v) is 9.30. The third-order valence-electron chi connectivity index (χ3n) is 4.89. The largest absolute Gasteiger partial charge is 0.433 e. The number of nitrogens with one attached hydrogen (secondary N) is 1. The maximum absolute atomic E-state index is 13.4. The van der Waals surface area contributed by atoms with Crippen molar-refractivity contribution in [3.8, 4) is 9.75 Å². The minimum absolute atomic E-state index is 0.154. The van der Waals surface area contributed by atoms with E-state index in [-0.39, 0.29) is 17.5 Å². The molecule has 0 bridgehead atoms. The van der Waals surface area contributed by atoms with Crippen LogP contribution in [0, 0.1) is 0 Å². The van der Waals surface area contributed by atoms with Crippen LogP contribution in [0.15, 0.2) is 53.9 Å². The van der Waals surface area contributed by atoms with E-state index in [1.54, 1.807) is 11.3 Å². The summed E-state index contributed by atoms with van der Waals surface area (Å²) in [4.78, 5) is 6.35. The Bertz CT molecular complexity index is 1250. The van der Waals surface area contributed by atoms with Crippen LogP contribution in [0.4, 0.5) is 26.3 Å². The summed E-state index contributed by atoms with van der Waals surface area (Å²) in [5, 5.41) is 15.4.